The maximum atomic E-state index is 3.61. The molecule has 2 rings (SSSR count). The fraction of sp³-hybridized carbons (Fsp3) is 0.280. The van der Waals surface area contributed by atoms with E-state index in [2.05, 4.69) is 81.9 Å². The van der Waals surface area contributed by atoms with Gasteiger partial charge < -0.3 is 0 Å². The van der Waals surface area contributed by atoms with E-state index < -0.39 is 0 Å². The van der Waals surface area contributed by atoms with Crippen LogP contribution in [0.2, 0.25) is 0 Å². The van der Waals surface area contributed by atoms with Gasteiger partial charge in [-0.15, -0.1) is 0 Å². The minimum Gasteiger partial charge on any atom is -0.0988 e. The summed E-state index contributed by atoms with van der Waals surface area (Å²) in [5.41, 5.74) is 5.32. The van der Waals surface area contributed by atoms with E-state index in [1.54, 1.807) is 0 Å². The molecule has 0 nitrogen and oxygen atoms in total. The van der Waals surface area contributed by atoms with Gasteiger partial charge in [0.1, 0.15) is 0 Å². The van der Waals surface area contributed by atoms with Crippen LogP contribution in [0.1, 0.15) is 43.9 Å². The van der Waals surface area contributed by atoms with Crippen LogP contribution >= 0.6 is 0 Å². The van der Waals surface area contributed by atoms with Crippen molar-refractivity contribution in [2.45, 2.75) is 47.5 Å². The van der Waals surface area contributed by atoms with Crippen LogP contribution in [0.4, 0.5) is 0 Å². The normalized spacial score (nSPS) is 10.4. The van der Waals surface area contributed by atoms with Gasteiger partial charge in [0.25, 0.3) is 0 Å². The van der Waals surface area contributed by atoms with Crippen molar-refractivity contribution >= 4 is 0 Å². The van der Waals surface area contributed by atoms with E-state index in [9.17, 15) is 0 Å². The summed E-state index contributed by atoms with van der Waals surface area (Å²) in [5.74, 6) is 0. The van der Waals surface area contributed by atoms with Gasteiger partial charge in [-0.3, -0.25) is 0 Å². The van der Waals surface area contributed by atoms with E-state index in [1.165, 1.54) is 35.1 Å². The molecule has 0 atom stereocenters. The molecule has 0 aliphatic rings. The number of hydrogen-bond acceptors (Lipinski definition) is 0. The predicted molar refractivity (Wildman–Crippen MR) is 115 cm³/mol. The Labute approximate surface area is 155 Å². The smallest absolute Gasteiger partial charge is 0.0281 e. The summed E-state index contributed by atoms with van der Waals surface area (Å²) < 4.78 is 0. The Balaban J connectivity index is 0.000000347. The maximum absolute atomic E-state index is 3.61. The summed E-state index contributed by atoms with van der Waals surface area (Å²) in [6, 6.07) is 19.0. The van der Waals surface area contributed by atoms with Gasteiger partial charge in [-0.25, -0.2) is 0 Å². The first-order valence-corrected chi connectivity index (χ1v) is 9.02. The fourth-order valence-electron chi connectivity index (χ4n) is 2.06. The molecule has 0 aliphatic carbocycles. The van der Waals surface area contributed by atoms with Crippen molar-refractivity contribution in [3.05, 3.63) is 108 Å². The molecular weight excluding hydrogens is 300 g/mol. The van der Waals surface area contributed by atoms with E-state index in [1.807, 2.05) is 38.2 Å². The second-order valence-electron chi connectivity index (χ2n) is 6.03. The van der Waals surface area contributed by atoms with Gasteiger partial charge in [-0.05, 0) is 39.7 Å². The van der Waals surface area contributed by atoms with E-state index in [0.717, 1.165) is 0 Å². The lowest BCUT2D eigenvalue weighted by molar-refractivity contribution is 0.922. The minimum absolute atomic E-state index is 1.20. The summed E-state index contributed by atoms with van der Waals surface area (Å²) in [6.07, 6.45) is 10.3. The predicted octanol–water partition coefficient (Wildman–Crippen LogP) is 7.64. The van der Waals surface area contributed by atoms with Gasteiger partial charge in [-0.2, -0.15) is 0 Å². The number of benzene rings is 2. The molecule has 0 N–H and O–H groups in total. The monoisotopic (exact) mass is 334 g/mol. The van der Waals surface area contributed by atoms with Gasteiger partial charge in [-0.1, -0.05) is 116 Å². The number of aryl methyl sites for hydroxylation is 3. The van der Waals surface area contributed by atoms with E-state index in [-0.39, 0.29) is 0 Å². The molecular formula is C25H34. The molecule has 0 fully saturated rings. The summed E-state index contributed by atoms with van der Waals surface area (Å²) >= 11 is 0. The van der Waals surface area contributed by atoms with Gasteiger partial charge in [0.05, 0.1) is 0 Å². The quantitative estimate of drug-likeness (QED) is 0.504. The molecule has 0 saturated heterocycles. The van der Waals surface area contributed by atoms with Crippen molar-refractivity contribution in [2.24, 2.45) is 0 Å². The molecule has 0 radical (unpaired) electrons. The Kier molecular flexibility index (Phi) is 13.8. The zero-order chi connectivity index (χ0) is 18.9. The van der Waals surface area contributed by atoms with Crippen molar-refractivity contribution in [3.63, 3.8) is 0 Å². The van der Waals surface area contributed by atoms with Crippen LogP contribution in [0.25, 0.3) is 0 Å². The highest BCUT2D eigenvalue weighted by atomic mass is 13.9. The Morgan fingerprint density at radius 3 is 1.96 bits per heavy atom. The zero-order valence-electron chi connectivity index (χ0n) is 16.6. The van der Waals surface area contributed by atoms with Gasteiger partial charge >= 0.3 is 0 Å². The summed E-state index contributed by atoms with van der Waals surface area (Å²) in [6.45, 7) is 14.0. The second kappa shape index (κ2) is 15.2. The molecule has 0 bridgehead atoms. The second-order valence-corrected chi connectivity index (χ2v) is 6.03. The first-order chi connectivity index (χ1) is 12.0. The van der Waals surface area contributed by atoms with Gasteiger partial charge in [0.2, 0.25) is 0 Å². The Morgan fingerprint density at radius 1 is 0.960 bits per heavy atom. The lowest BCUT2D eigenvalue weighted by atomic mass is 10.1. The van der Waals surface area contributed by atoms with Crippen molar-refractivity contribution in [1.82, 2.24) is 0 Å². The van der Waals surface area contributed by atoms with Crippen LogP contribution < -0.4 is 0 Å². The third-order valence-corrected chi connectivity index (χ3v) is 3.43. The molecule has 0 aromatic heterocycles. The van der Waals surface area contributed by atoms with Crippen LogP contribution in [-0.2, 0) is 6.42 Å². The van der Waals surface area contributed by atoms with Gasteiger partial charge in [0, 0.05) is 0 Å². The van der Waals surface area contributed by atoms with Crippen molar-refractivity contribution in [3.8, 4) is 0 Å². The molecule has 0 amide bonds. The van der Waals surface area contributed by atoms with Crippen molar-refractivity contribution < 1.29 is 0 Å². The van der Waals surface area contributed by atoms with E-state index in [0.29, 0.717) is 0 Å². The Bertz CT molecular complexity index is 613. The zero-order valence-corrected chi connectivity index (χ0v) is 16.6. The first kappa shape index (κ1) is 22.7. The van der Waals surface area contributed by atoms with Crippen LogP contribution in [0.3, 0.4) is 0 Å². The molecule has 134 valence electrons. The van der Waals surface area contributed by atoms with Crippen molar-refractivity contribution in [2.75, 3.05) is 0 Å². The lowest BCUT2D eigenvalue weighted by Crippen LogP contribution is -1.78. The van der Waals surface area contributed by atoms with Crippen molar-refractivity contribution in [1.29, 1.82) is 0 Å². The molecule has 0 heteroatoms. The minimum atomic E-state index is 1.20. The standard InChI is InChI=1S/C9H12.C8H10.C8H12/c1-2-6-9-7-4-3-5-8-9;1-7-4-3-5-8(2)6-7;1-4-6-7-8(3)5-2/h3-5,7-8H,2,6H2,1H3;3-6H,1-2H3;4-7H,2H2,1,3H3/b;;6-4-,8-7-. The molecule has 0 heterocycles. The SMILES string of the molecule is C=C/C(C)=C\C=C/C.CCCc1ccccc1.Cc1cccc(C)c1. The van der Waals surface area contributed by atoms with Gasteiger partial charge in [0.15, 0.2) is 0 Å². The Morgan fingerprint density at radius 2 is 1.56 bits per heavy atom. The molecule has 0 aliphatic heterocycles. The molecule has 0 spiro atoms. The summed E-state index contributed by atoms with van der Waals surface area (Å²) in [5, 5.41) is 0. The van der Waals surface area contributed by atoms with E-state index in [4.69, 9.17) is 0 Å². The third kappa shape index (κ3) is 13.8. The topological polar surface area (TPSA) is 0 Å². The molecule has 2 aromatic rings. The molecule has 0 unspecified atom stereocenters. The molecule has 2 aromatic carbocycles. The fourth-order valence-corrected chi connectivity index (χ4v) is 2.06. The lowest BCUT2D eigenvalue weighted by Gasteiger charge is -1.93. The third-order valence-electron chi connectivity index (χ3n) is 3.43. The average Bonchev–Trinajstić information content (AvgIpc) is 2.62. The van der Waals surface area contributed by atoms with Crippen LogP contribution in [0.15, 0.2) is 91.1 Å². The number of hydrogen-bond donors (Lipinski definition) is 0. The highest BCUT2D eigenvalue weighted by molar-refractivity contribution is 5.20. The number of allylic oxidation sites excluding steroid dienone is 5. The van der Waals surface area contributed by atoms with Crippen LogP contribution in [-0.4, -0.2) is 0 Å². The number of rotatable bonds is 4. The highest BCUT2D eigenvalue weighted by Gasteiger charge is 1.84. The highest BCUT2D eigenvalue weighted by Crippen LogP contribution is 2.01. The average molecular weight is 335 g/mol. The summed E-state index contributed by atoms with van der Waals surface area (Å²) in [7, 11) is 0. The maximum Gasteiger partial charge on any atom is -0.0281 e. The molecule has 0 saturated carbocycles. The largest absolute Gasteiger partial charge is 0.0988 e. The summed E-state index contributed by atoms with van der Waals surface area (Å²) in [4.78, 5) is 0. The first-order valence-electron chi connectivity index (χ1n) is 9.02. The van der Waals surface area contributed by atoms with E-state index >= 15 is 0 Å². The molecule has 25 heavy (non-hydrogen) atoms. The Hall–Kier alpha value is -2.34. The van der Waals surface area contributed by atoms with Crippen LogP contribution in [0, 0.1) is 13.8 Å². The van der Waals surface area contributed by atoms with Crippen LogP contribution in [0.5, 0.6) is 0 Å².